The number of amides is 1. The Bertz CT molecular complexity index is 807. The van der Waals surface area contributed by atoms with Gasteiger partial charge < -0.3 is 10.1 Å². The molecule has 0 aliphatic carbocycles. The Hall–Kier alpha value is -2.03. The van der Waals surface area contributed by atoms with Crippen LogP contribution >= 0.6 is 22.9 Å². The van der Waals surface area contributed by atoms with Crippen molar-refractivity contribution in [3.63, 3.8) is 0 Å². The Morgan fingerprint density at radius 2 is 2.27 bits per heavy atom. The summed E-state index contributed by atoms with van der Waals surface area (Å²) in [4.78, 5) is 13.4. The molecule has 0 saturated heterocycles. The smallest absolute Gasteiger partial charge is 0.266 e. The topological polar surface area (TPSA) is 62.1 Å². The molecule has 22 heavy (non-hydrogen) atoms. The number of hydrogen-bond donors (Lipinski definition) is 1. The number of anilines is 1. The van der Waals surface area contributed by atoms with Gasteiger partial charge in [0.15, 0.2) is 6.10 Å². The van der Waals surface area contributed by atoms with Crippen LogP contribution in [0.2, 0.25) is 5.02 Å². The van der Waals surface area contributed by atoms with Gasteiger partial charge in [-0.2, -0.15) is 5.26 Å². The number of carbonyl (C=O) groups is 1. The van der Waals surface area contributed by atoms with Crippen molar-refractivity contribution in [2.24, 2.45) is 0 Å². The molecule has 0 radical (unpaired) electrons. The first-order valence-corrected chi connectivity index (χ1v) is 7.95. The number of fused-ring (bicyclic) bond motifs is 1. The zero-order valence-electron chi connectivity index (χ0n) is 12.1. The fourth-order valence-corrected chi connectivity index (χ4v) is 3.61. The van der Waals surface area contributed by atoms with Crippen molar-refractivity contribution < 1.29 is 9.53 Å². The van der Waals surface area contributed by atoms with Gasteiger partial charge in [0.2, 0.25) is 0 Å². The number of hydrogen-bond acceptors (Lipinski definition) is 4. The average molecular weight is 333 g/mol. The van der Waals surface area contributed by atoms with Crippen LogP contribution in [0.5, 0.6) is 5.75 Å². The van der Waals surface area contributed by atoms with Crippen molar-refractivity contribution in [3.8, 4) is 11.8 Å². The molecule has 3 rings (SSSR count). The van der Waals surface area contributed by atoms with E-state index in [1.807, 2.05) is 19.9 Å². The summed E-state index contributed by atoms with van der Waals surface area (Å²) in [6, 6.07) is 7.46. The third-order valence-electron chi connectivity index (χ3n) is 3.72. The first-order chi connectivity index (χ1) is 10.5. The summed E-state index contributed by atoms with van der Waals surface area (Å²) in [5.41, 5.74) is 2.35. The molecule has 1 aliphatic rings. The summed E-state index contributed by atoms with van der Waals surface area (Å²) in [7, 11) is 0. The summed E-state index contributed by atoms with van der Waals surface area (Å²) in [6.45, 7) is 3.81. The second-order valence-electron chi connectivity index (χ2n) is 5.15. The Kier molecular flexibility index (Phi) is 3.81. The SMILES string of the molecule is Cc1sc(NC(=O)[C@H]2Cc3cc(Cl)ccc3O2)c(C#N)c1C. The molecule has 1 atom stereocenters. The van der Waals surface area contributed by atoms with Crippen LogP contribution in [0.1, 0.15) is 21.6 Å². The molecule has 2 aromatic rings. The van der Waals surface area contributed by atoms with E-state index in [0.29, 0.717) is 27.8 Å². The minimum absolute atomic E-state index is 0.245. The number of nitrogens with one attached hydrogen (secondary N) is 1. The molecule has 0 fully saturated rings. The van der Waals surface area contributed by atoms with Crippen LogP contribution in [0, 0.1) is 25.2 Å². The maximum absolute atomic E-state index is 12.4. The molecule has 0 bridgehead atoms. The van der Waals surface area contributed by atoms with E-state index < -0.39 is 6.10 Å². The van der Waals surface area contributed by atoms with Crippen LogP contribution in [-0.2, 0) is 11.2 Å². The summed E-state index contributed by atoms with van der Waals surface area (Å²) in [6.07, 6.45) is -0.116. The Morgan fingerprint density at radius 3 is 3.00 bits per heavy atom. The van der Waals surface area contributed by atoms with E-state index in [-0.39, 0.29) is 5.91 Å². The Balaban J connectivity index is 1.77. The van der Waals surface area contributed by atoms with Crippen LogP contribution in [0.15, 0.2) is 18.2 Å². The van der Waals surface area contributed by atoms with Gasteiger partial charge in [0.25, 0.3) is 5.91 Å². The molecule has 2 heterocycles. The fourth-order valence-electron chi connectivity index (χ4n) is 2.41. The van der Waals surface area contributed by atoms with E-state index in [1.54, 1.807) is 12.1 Å². The van der Waals surface area contributed by atoms with Gasteiger partial charge in [-0.3, -0.25) is 4.79 Å². The first-order valence-electron chi connectivity index (χ1n) is 6.75. The minimum atomic E-state index is -0.595. The Labute approximate surface area is 137 Å². The van der Waals surface area contributed by atoms with Crippen LogP contribution in [0.3, 0.4) is 0 Å². The summed E-state index contributed by atoms with van der Waals surface area (Å²) in [5.74, 6) is 0.439. The van der Waals surface area contributed by atoms with Gasteiger partial charge in [0.1, 0.15) is 16.8 Å². The molecule has 4 nitrogen and oxygen atoms in total. The molecule has 1 amide bonds. The highest BCUT2D eigenvalue weighted by Gasteiger charge is 2.30. The van der Waals surface area contributed by atoms with Gasteiger partial charge in [-0.15, -0.1) is 11.3 Å². The molecule has 1 aliphatic heterocycles. The highest BCUT2D eigenvalue weighted by Crippen LogP contribution is 2.34. The predicted molar refractivity (Wildman–Crippen MR) is 86.7 cm³/mol. The standard InChI is InChI=1S/C16H13ClN2O2S/c1-8-9(2)22-16(12(8)7-18)19-15(20)14-6-10-5-11(17)3-4-13(10)21-14/h3-5,14H,6H2,1-2H3,(H,19,20)/t14-/m1/s1. The fraction of sp³-hybridized carbons (Fsp3) is 0.250. The van der Waals surface area contributed by atoms with Crippen molar-refractivity contribution in [3.05, 3.63) is 44.8 Å². The molecule has 0 unspecified atom stereocenters. The lowest BCUT2D eigenvalue weighted by Crippen LogP contribution is -2.31. The maximum Gasteiger partial charge on any atom is 0.266 e. The normalized spacial score (nSPS) is 15.8. The quantitative estimate of drug-likeness (QED) is 0.909. The van der Waals surface area contributed by atoms with E-state index in [1.165, 1.54) is 11.3 Å². The molecule has 1 aromatic carbocycles. The monoisotopic (exact) mass is 332 g/mol. The van der Waals surface area contributed by atoms with Gasteiger partial charge in [-0.25, -0.2) is 0 Å². The molecule has 1 N–H and O–H groups in total. The van der Waals surface area contributed by atoms with Crippen LogP contribution in [0.4, 0.5) is 5.00 Å². The molecule has 0 spiro atoms. The van der Waals surface area contributed by atoms with Gasteiger partial charge in [-0.05, 0) is 43.2 Å². The third kappa shape index (κ3) is 2.56. The predicted octanol–water partition coefficient (Wildman–Crippen LogP) is 3.83. The number of carbonyl (C=O) groups excluding carboxylic acids is 1. The number of aryl methyl sites for hydroxylation is 1. The molecule has 6 heteroatoms. The van der Waals surface area contributed by atoms with Crippen LogP contribution in [0.25, 0.3) is 0 Å². The van der Waals surface area contributed by atoms with E-state index in [9.17, 15) is 10.1 Å². The van der Waals surface area contributed by atoms with E-state index in [2.05, 4.69) is 11.4 Å². The lowest BCUT2D eigenvalue weighted by molar-refractivity contribution is -0.122. The lowest BCUT2D eigenvalue weighted by Gasteiger charge is -2.10. The van der Waals surface area contributed by atoms with E-state index in [4.69, 9.17) is 16.3 Å². The number of benzene rings is 1. The third-order valence-corrected chi connectivity index (χ3v) is 5.08. The molecule has 0 saturated carbocycles. The number of ether oxygens (including phenoxy) is 1. The van der Waals surface area contributed by atoms with Gasteiger partial charge in [-0.1, -0.05) is 11.6 Å². The second kappa shape index (κ2) is 5.64. The summed E-state index contributed by atoms with van der Waals surface area (Å²) < 4.78 is 5.66. The average Bonchev–Trinajstić information content (AvgIpc) is 3.00. The molecule has 112 valence electrons. The Morgan fingerprint density at radius 1 is 1.50 bits per heavy atom. The lowest BCUT2D eigenvalue weighted by atomic mass is 10.1. The van der Waals surface area contributed by atoms with Gasteiger partial charge in [0.05, 0.1) is 5.56 Å². The highest BCUT2D eigenvalue weighted by atomic mass is 35.5. The highest BCUT2D eigenvalue weighted by molar-refractivity contribution is 7.16. The zero-order valence-corrected chi connectivity index (χ0v) is 13.6. The van der Waals surface area contributed by atoms with Crippen LogP contribution in [-0.4, -0.2) is 12.0 Å². The number of halogens is 1. The minimum Gasteiger partial charge on any atom is -0.480 e. The number of nitrogens with zero attached hydrogens (tertiary/aromatic N) is 1. The van der Waals surface area contributed by atoms with Crippen molar-refractivity contribution in [2.45, 2.75) is 26.4 Å². The van der Waals surface area contributed by atoms with Crippen molar-refractivity contribution in [1.82, 2.24) is 0 Å². The summed E-state index contributed by atoms with van der Waals surface area (Å²) >= 11 is 7.36. The molecule has 1 aromatic heterocycles. The molecular weight excluding hydrogens is 320 g/mol. The first kappa shape index (κ1) is 14.9. The zero-order chi connectivity index (χ0) is 15.9. The molecular formula is C16H13ClN2O2S. The van der Waals surface area contributed by atoms with E-state index in [0.717, 1.165) is 16.0 Å². The van der Waals surface area contributed by atoms with Crippen LogP contribution < -0.4 is 10.1 Å². The summed E-state index contributed by atoms with van der Waals surface area (Å²) in [5, 5.41) is 13.2. The maximum atomic E-state index is 12.4. The van der Waals surface area contributed by atoms with Gasteiger partial charge >= 0.3 is 0 Å². The second-order valence-corrected chi connectivity index (χ2v) is 6.81. The number of thiophene rings is 1. The van der Waals surface area contributed by atoms with Crippen molar-refractivity contribution in [2.75, 3.05) is 5.32 Å². The largest absolute Gasteiger partial charge is 0.480 e. The van der Waals surface area contributed by atoms with Gasteiger partial charge in [0, 0.05) is 16.3 Å². The number of nitriles is 1. The number of rotatable bonds is 2. The van der Waals surface area contributed by atoms with Crippen molar-refractivity contribution in [1.29, 1.82) is 5.26 Å². The van der Waals surface area contributed by atoms with E-state index >= 15 is 0 Å². The van der Waals surface area contributed by atoms with Crippen molar-refractivity contribution >= 4 is 33.8 Å².